The molecule has 1 saturated heterocycles. The second kappa shape index (κ2) is 8.53. The molecule has 0 N–H and O–H groups in total. The highest BCUT2D eigenvalue weighted by molar-refractivity contribution is 7.89. The summed E-state index contributed by atoms with van der Waals surface area (Å²) in [4.78, 5) is 29.8. The average Bonchev–Trinajstić information content (AvgIpc) is 2.78. The largest absolute Gasteiger partial charge is 0.336 e. The first-order chi connectivity index (χ1) is 15.6. The van der Waals surface area contributed by atoms with Crippen LogP contribution in [0, 0.1) is 30.9 Å². The maximum atomic E-state index is 13.2. The lowest BCUT2D eigenvalue weighted by atomic mass is 10.1. The monoisotopic (exact) mass is 468 g/mol. The highest BCUT2D eigenvalue weighted by atomic mass is 32.2. The van der Waals surface area contributed by atoms with Crippen LogP contribution in [0.5, 0.6) is 0 Å². The smallest absolute Gasteiger partial charge is 0.270 e. The number of aryl methyl sites for hydroxylation is 3. The molecule has 1 aliphatic rings. The summed E-state index contributed by atoms with van der Waals surface area (Å²) in [5.41, 5.74) is 3.17. The Morgan fingerprint density at radius 2 is 1.70 bits per heavy atom. The summed E-state index contributed by atoms with van der Waals surface area (Å²) in [7, 11) is -3.93. The van der Waals surface area contributed by atoms with E-state index in [1.807, 2.05) is 31.2 Å². The molecule has 0 spiro atoms. The standard InChI is InChI=1S/C23H24N4O5S/c1-15-4-7-21-18(12-15)13-20(17(3)24-21)23(28)25-8-10-26(11-9-25)33(31,32)22-14-19(27(29)30)6-5-16(22)2/h4-7,12-14H,8-11H2,1-3H3. The summed E-state index contributed by atoms with van der Waals surface area (Å²) in [6.45, 7) is 6.02. The van der Waals surface area contributed by atoms with Crippen LogP contribution in [-0.4, -0.2) is 59.6 Å². The van der Waals surface area contributed by atoms with Crippen LogP contribution < -0.4 is 0 Å². The number of carbonyl (C=O) groups excluding carboxylic acids is 1. The fraction of sp³-hybridized carbons (Fsp3) is 0.304. The fourth-order valence-electron chi connectivity index (χ4n) is 4.03. The first-order valence-electron chi connectivity index (χ1n) is 10.5. The van der Waals surface area contributed by atoms with Crippen LogP contribution in [0.4, 0.5) is 5.69 Å². The molecule has 10 heteroatoms. The van der Waals surface area contributed by atoms with Crippen LogP contribution in [-0.2, 0) is 10.0 Å². The van der Waals surface area contributed by atoms with Gasteiger partial charge in [0.05, 0.1) is 26.6 Å². The summed E-state index contributed by atoms with van der Waals surface area (Å²) in [5, 5.41) is 12.0. The van der Waals surface area contributed by atoms with Crippen molar-refractivity contribution >= 4 is 32.5 Å². The van der Waals surface area contributed by atoms with Gasteiger partial charge in [0.2, 0.25) is 10.0 Å². The number of carbonyl (C=O) groups is 1. The third-order valence-corrected chi connectivity index (χ3v) is 7.96. The van der Waals surface area contributed by atoms with Gasteiger partial charge in [-0.2, -0.15) is 4.31 Å². The zero-order valence-electron chi connectivity index (χ0n) is 18.6. The molecule has 0 saturated carbocycles. The van der Waals surface area contributed by atoms with E-state index in [0.717, 1.165) is 22.5 Å². The topological polar surface area (TPSA) is 114 Å². The number of amides is 1. The van der Waals surface area contributed by atoms with Crippen LogP contribution in [0.3, 0.4) is 0 Å². The molecule has 1 amide bonds. The van der Waals surface area contributed by atoms with Gasteiger partial charge in [0.25, 0.3) is 11.6 Å². The number of nitrogens with zero attached hydrogens (tertiary/aromatic N) is 4. The molecule has 0 atom stereocenters. The molecule has 2 heterocycles. The van der Waals surface area contributed by atoms with Crippen molar-refractivity contribution in [2.45, 2.75) is 25.7 Å². The van der Waals surface area contributed by atoms with E-state index in [2.05, 4.69) is 4.98 Å². The van der Waals surface area contributed by atoms with Crippen LogP contribution in [0.25, 0.3) is 10.9 Å². The molecule has 2 aromatic carbocycles. The van der Waals surface area contributed by atoms with E-state index in [-0.39, 0.29) is 42.7 Å². The number of pyridine rings is 1. The summed E-state index contributed by atoms with van der Waals surface area (Å²) in [6.07, 6.45) is 0. The Balaban J connectivity index is 1.54. The first-order valence-corrected chi connectivity index (χ1v) is 11.9. The van der Waals surface area contributed by atoms with Crippen molar-refractivity contribution in [3.05, 3.63) is 75.0 Å². The highest BCUT2D eigenvalue weighted by Gasteiger charge is 2.32. The Morgan fingerprint density at radius 1 is 1.00 bits per heavy atom. The highest BCUT2D eigenvalue weighted by Crippen LogP contribution is 2.26. The third kappa shape index (κ3) is 4.31. The summed E-state index contributed by atoms with van der Waals surface area (Å²) in [5.74, 6) is -0.188. The number of sulfonamides is 1. The van der Waals surface area contributed by atoms with Crippen molar-refractivity contribution < 1.29 is 18.1 Å². The van der Waals surface area contributed by atoms with Gasteiger partial charge in [0.15, 0.2) is 0 Å². The van der Waals surface area contributed by atoms with E-state index in [4.69, 9.17) is 0 Å². The zero-order valence-corrected chi connectivity index (χ0v) is 19.4. The van der Waals surface area contributed by atoms with E-state index >= 15 is 0 Å². The average molecular weight is 469 g/mol. The second-order valence-corrected chi connectivity index (χ2v) is 10.1. The molecule has 0 bridgehead atoms. The third-order valence-electron chi connectivity index (χ3n) is 5.92. The predicted molar refractivity (Wildman–Crippen MR) is 124 cm³/mol. The van der Waals surface area contributed by atoms with E-state index in [0.29, 0.717) is 16.8 Å². The Kier molecular flexibility index (Phi) is 5.89. The van der Waals surface area contributed by atoms with Crippen LogP contribution in [0.15, 0.2) is 47.4 Å². The maximum Gasteiger partial charge on any atom is 0.270 e. The molecule has 33 heavy (non-hydrogen) atoms. The van der Waals surface area contributed by atoms with Gasteiger partial charge in [-0.15, -0.1) is 0 Å². The molecular formula is C23H24N4O5S. The minimum atomic E-state index is -3.93. The van der Waals surface area contributed by atoms with Crippen molar-refractivity contribution in [1.29, 1.82) is 0 Å². The molecule has 9 nitrogen and oxygen atoms in total. The van der Waals surface area contributed by atoms with Crippen molar-refractivity contribution in [1.82, 2.24) is 14.2 Å². The number of hydrogen-bond donors (Lipinski definition) is 0. The SMILES string of the molecule is Cc1ccc2nc(C)c(C(=O)N3CCN(S(=O)(=O)c4cc([N+](=O)[O-])ccc4C)CC3)cc2c1. The summed E-state index contributed by atoms with van der Waals surface area (Å²) >= 11 is 0. The van der Waals surface area contributed by atoms with Crippen molar-refractivity contribution in [3.8, 4) is 0 Å². The van der Waals surface area contributed by atoms with Crippen molar-refractivity contribution in [3.63, 3.8) is 0 Å². The van der Waals surface area contributed by atoms with Gasteiger partial charge in [0, 0.05) is 43.7 Å². The Bertz CT molecular complexity index is 1380. The Hall–Kier alpha value is -3.37. The normalized spacial score (nSPS) is 15.1. The lowest BCUT2D eigenvalue weighted by Crippen LogP contribution is -2.50. The van der Waals surface area contributed by atoms with Crippen LogP contribution in [0.2, 0.25) is 0 Å². The number of aromatic nitrogens is 1. The predicted octanol–water partition coefficient (Wildman–Crippen LogP) is 3.21. The lowest BCUT2D eigenvalue weighted by Gasteiger charge is -2.34. The molecule has 1 fully saturated rings. The number of benzene rings is 2. The van der Waals surface area contributed by atoms with Gasteiger partial charge in [-0.25, -0.2) is 8.42 Å². The zero-order chi connectivity index (χ0) is 23.9. The molecule has 0 unspecified atom stereocenters. The van der Waals surface area contributed by atoms with E-state index < -0.39 is 14.9 Å². The number of nitro benzene ring substituents is 1. The fourth-order valence-corrected chi connectivity index (χ4v) is 5.70. The molecule has 0 aliphatic carbocycles. The van der Waals surface area contributed by atoms with Gasteiger partial charge >= 0.3 is 0 Å². The molecular weight excluding hydrogens is 444 g/mol. The number of piperazine rings is 1. The van der Waals surface area contributed by atoms with Crippen LogP contribution >= 0.6 is 0 Å². The molecule has 1 aliphatic heterocycles. The molecule has 172 valence electrons. The van der Waals surface area contributed by atoms with E-state index in [1.165, 1.54) is 16.4 Å². The number of fused-ring (bicyclic) bond motifs is 1. The maximum absolute atomic E-state index is 13.2. The molecule has 3 aromatic rings. The minimum Gasteiger partial charge on any atom is -0.336 e. The Morgan fingerprint density at radius 3 is 2.36 bits per heavy atom. The van der Waals surface area contributed by atoms with E-state index in [9.17, 15) is 23.3 Å². The summed E-state index contributed by atoms with van der Waals surface area (Å²) in [6, 6.07) is 11.5. The quantitative estimate of drug-likeness (QED) is 0.429. The van der Waals surface area contributed by atoms with Crippen LogP contribution in [0.1, 0.15) is 27.2 Å². The summed E-state index contributed by atoms with van der Waals surface area (Å²) < 4.78 is 27.6. The molecule has 4 rings (SSSR count). The van der Waals surface area contributed by atoms with Crippen molar-refractivity contribution in [2.75, 3.05) is 26.2 Å². The molecule has 1 aromatic heterocycles. The number of rotatable bonds is 4. The van der Waals surface area contributed by atoms with Gasteiger partial charge in [0.1, 0.15) is 0 Å². The first kappa shape index (κ1) is 22.8. The number of non-ortho nitro benzene ring substituents is 1. The molecule has 0 radical (unpaired) electrons. The second-order valence-electron chi connectivity index (χ2n) is 8.22. The van der Waals surface area contributed by atoms with Gasteiger partial charge < -0.3 is 4.90 Å². The number of hydrogen-bond acceptors (Lipinski definition) is 6. The lowest BCUT2D eigenvalue weighted by molar-refractivity contribution is -0.385. The van der Waals surface area contributed by atoms with E-state index in [1.54, 1.807) is 18.7 Å². The van der Waals surface area contributed by atoms with Gasteiger partial charge in [-0.1, -0.05) is 17.7 Å². The minimum absolute atomic E-state index is 0.0820. The van der Waals surface area contributed by atoms with Crippen molar-refractivity contribution in [2.24, 2.45) is 0 Å². The van der Waals surface area contributed by atoms with Gasteiger partial charge in [-0.3, -0.25) is 19.9 Å². The van der Waals surface area contributed by atoms with Gasteiger partial charge in [-0.05, 0) is 44.5 Å². The number of nitro groups is 1. The Labute approximate surface area is 191 Å².